The average molecular weight is 220 g/mol. The molecule has 0 aliphatic rings. The van der Waals surface area contributed by atoms with Gasteiger partial charge in [-0.2, -0.15) is 5.10 Å². The van der Waals surface area contributed by atoms with Crippen LogP contribution < -0.4 is 4.74 Å². The zero-order valence-electron chi connectivity index (χ0n) is 8.90. The number of hydrogen-bond donors (Lipinski definition) is 1. The fourth-order valence-electron chi connectivity index (χ4n) is 1.36. The number of esters is 1. The van der Waals surface area contributed by atoms with E-state index in [0.717, 1.165) is 10.9 Å². The Morgan fingerprint density at radius 3 is 3.19 bits per heavy atom. The summed E-state index contributed by atoms with van der Waals surface area (Å²) in [6.45, 7) is 2.05. The molecule has 0 saturated carbocycles. The normalized spacial score (nSPS) is 10.3. The minimum atomic E-state index is -0.366. The number of nitrogens with zero attached hydrogens (tertiary/aromatic N) is 1. The van der Waals surface area contributed by atoms with Gasteiger partial charge in [0, 0.05) is 5.39 Å². The van der Waals surface area contributed by atoms with E-state index in [1.807, 2.05) is 12.1 Å². The third kappa shape index (κ3) is 2.31. The second-order valence-electron chi connectivity index (χ2n) is 3.21. The van der Waals surface area contributed by atoms with Gasteiger partial charge in [-0.1, -0.05) is 0 Å². The summed E-state index contributed by atoms with van der Waals surface area (Å²) in [7, 11) is 0. The van der Waals surface area contributed by atoms with Crippen LogP contribution in [-0.4, -0.2) is 29.4 Å². The van der Waals surface area contributed by atoms with Gasteiger partial charge in [-0.3, -0.25) is 5.10 Å². The van der Waals surface area contributed by atoms with E-state index in [1.54, 1.807) is 19.2 Å². The Kier molecular flexibility index (Phi) is 3.05. The lowest BCUT2D eigenvalue weighted by Crippen LogP contribution is -2.14. The van der Waals surface area contributed by atoms with Crippen LogP contribution in [-0.2, 0) is 9.53 Å². The number of hydrogen-bond acceptors (Lipinski definition) is 4. The van der Waals surface area contributed by atoms with Gasteiger partial charge in [-0.25, -0.2) is 4.79 Å². The van der Waals surface area contributed by atoms with Crippen molar-refractivity contribution in [2.75, 3.05) is 13.2 Å². The van der Waals surface area contributed by atoms with Gasteiger partial charge in [-0.05, 0) is 25.1 Å². The van der Waals surface area contributed by atoms with Gasteiger partial charge in [-0.15, -0.1) is 0 Å². The molecule has 2 rings (SSSR count). The molecular weight excluding hydrogens is 208 g/mol. The van der Waals surface area contributed by atoms with Crippen molar-refractivity contribution < 1.29 is 14.3 Å². The van der Waals surface area contributed by atoms with E-state index in [1.165, 1.54) is 0 Å². The van der Waals surface area contributed by atoms with Crippen molar-refractivity contribution in [1.82, 2.24) is 10.2 Å². The molecule has 0 fully saturated rings. The van der Waals surface area contributed by atoms with E-state index in [4.69, 9.17) is 9.47 Å². The Balaban J connectivity index is 2.01. The fourth-order valence-corrected chi connectivity index (χ4v) is 1.36. The van der Waals surface area contributed by atoms with Gasteiger partial charge in [0.15, 0.2) is 6.61 Å². The molecule has 1 aromatic heterocycles. The Labute approximate surface area is 92.4 Å². The summed E-state index contributed by atoms with van der Waals surface area (Å²) in [5, 5.41) is 7.68. The molecule has 1 heterocycles. The second-order valence-corrected chi connectivity index (χ2v) is 3.21. The van der Waals surface area contributed by atoms with E-state index in [9.17, 15) is 4.79 Å². The summed E-state index contributed by atoms with van der Waals surface area (Å²) in [6.07, 6.45) is 1.70. The number of nitrogens with one attached hydrogen (secondary N) is 1. The molecule has 0 saturated heterocycles. The molecule has 1 aromatic carbocycles. The molecule has 84 valence electrons. The largest absolute Gasteiger partial charge is 0.482 e. The highest BCUT2D eigenvalue weighted by atomic mass is 16.6. The van der Waals surface area contributed by atoms with Crippen LogP contribution in [0.25, 0.3) is 10.9 Å². The number of ether oxygens (including phenoxy) is 2. The van der Waals surface area contributed by atoms with Crippen LogP contribution in [0.1, 0.15) is 6.92 Å². The van der Waals surface area contributed by atoms with E-state index in [-0.39, 0.29) is 12.6 Å². The predicted molar refractivity (Wildman–Crippen MR) is 58.2 cm³/mol. The van der Waals surface area contributed by atoms with Crippen LogP contribution in [0.4, 0.5) is 0 Å². The number of benzene rings is 1. The quantitative estimate of drug-likeness (QED) is 0.793. The number of carbonyl (C=O) groups excluding carboxylic acids is 1. The highest BCUT2D eigenvalue weighted by molar-refractivity contribution is 5.79. The van der Waals surface area contributed by atoms with Crippen molar-refractivity contribution in [3.05, 3.63) is 24.4 Å². The molecule has 2 aromatic rings. The zero-order chi connectivity index (χ0) is 11.4. The Hall–Kier alpha value is -2.04. The fraction of sp³-hybridized carbons (Fsp3) is 0.273. The molecule has 16 heavy (non-hydrogen) atoms. The lowest BCUT2D eigenvalue weighted by atomic mass is 10.2. The smallest absolute Gasteiger partial charge is 0.344 e. The minimum absolute atomic E-state index is 0.0722. The van der Waals surface area contributed by atoms with Crippen LogP contribution in [0.2, 0.25) is 0 Å². The van der Waals surface area contributed by atoms with E-state index in [0.29, 0.717) is 12.4 Å². The Morgan fingerprint density at radius 1 is 1.50 bits per heavy atom. The monoisotopic (exact) mass is 220 g/mol. The molecule has 0 unspecified atom stereocenters. The van der Waals surface area contributed by atoms with E-state index in [2.05, 4.69) is 10.2 Å². The number of rotatable bonds is 4. The van der Waals surface area contributed by atoms with Crippen molar-refractivity contribution in [3.63, 3.8) is 0 Å². The number of aromatic amines is 1. The highest BCUT2D eigenvalue weighted by Crippen LogP contribution is 2.18. The van der Waals surface area contributed by atoms with E-state index < -0.39 is 0 Å². The SMILES string of the molecule is CCOC(=O)COc1ccc2[nH]ncc2c1. The van der Waals surface area contributed by atoms with Gasteiger partial charge in [0.1, 0.15) is 5.75 Å². The molecular formula is C11H12N2O3. The second kappa shape index (κ2) is 4.65. The molecule has 5 heteroatoms. The Morgan fingerprint density at radius 2 is 2.38 bits per heavy atom. The molecule has 1 N–H and O–H groups in total. The van der Waals surface area contributed by atoms with Crippen LogP contribution in [0.5, 0.6) is 5.75 Å². The molecule has 0 atom stereocenters. The van der Waals surface area contributed by atoms with Crippen molar-refractivity contribution in [1.29, 1.82) is 0 Å². The van der Waals surface area contributed by atoms with Crippen LogP contribution in [0.15, 0.2) is 24.4 Å². The maximum atomic E-state index is 11.1. The summed E-state index contributed by atoms with van der Waals surface area (Å²) in [5.74, 6) is 0.261. The van der Waals surface area contributed by atoms with Crippen molar-refractivity contribution in [2.24, 2.45) is 0 Å². The van der Waals surface area contributed by atoms with E-state index >= 15 is 0 Å². The summed E-state index contributed by atoms with van der Waals surface area (Å²) < 4.78 is 10.0. The van der Waals surface area contributed by atoms with Gasteiger partial charge in [0.2, 0.25) is 0 Å². The number of carbonyl (C=O) groups is 1. The minimum Gasteiger partial charge on any atom is -0.482 e. The molecule has 0 bridgehead atoms. The predicted octanol–water partition coefficient (Wildman–Crippen LogP) is 1.50. The number of aromatic nitrogens is 2. The van der Waals surface area contributed by atoms with Crippen molar-refractivity contribution in [2.45, 2.75) is 6.92 Å². The lowest BCUT2D eigenvalue weighted by molar-refractivity contribution is -0.145. The maximum Gasteiger partial charge on any atom is 0.344 e. The summed E-state index contributed by atoms with van der Waals surface area (Å²) in [6, 6.07) is 5.45. The maximum absolute atomic E-state index is 11.1. The first-order valence-electron chi connectivity index (χ1n) is 5.01. The van der Waals surface area contributed by atoms with Gasteiger partial charge >= 0.3 is 5.97 Å². The standard InChI is InChI=1S/C11H12N2O3/c1-2-15-11(14)7-16-9-3-4-10-8(5-9)6-12-13-10/h3-6H,2,7H2,1H3,(H,12,13). The first-order chi connectivity index (χ1) is 7.79. The molecule has 0 amide bonds. The first-order valence-corrected chi connectivity index (χ1v) is 5.01. The van der Waals surface area contributed by atoms with Crippen LogP contribution in [0.3, 0.4) is 0 Å². The average Bonchev–Trinajstić information content (AvgIpc) is 2.74. The molecule has 0 aliphatic carbocycles. The molecule has 0 spiro atoms. The summed E-state index contributed by atoms with van der Waals surface area (Å²) in [4.78, 5) is 11.1. The van der Waals surface area contributed by atoms with Crippen molar-refractivity contribution in [3.8, 4) is 5.75 Å². The lowest BCUT2D eigenvalue weighted by Gasteiger charge is -2.05. The van der Waals surface area contributed by atoms with Crippen LogP contribution in [0, 0.1) is 0 Å². The molecule has 0 aliphatic heterocycles. The van der Waals surface area contributed by atoms with Gasteiger partial charge < -0.3 is 9.47 Å². The molecule has 5 nitrogen and oxygen atoms in total. The summed E-state index contributed by atoms with van der Waals surface area (Å²) >= 11 is 0. The zero-order valence-corrected chi connectivity index (χ0v) is 8.90. The summed E-state index contributed by atoms with van der Waals surface area (Å²) in [5.41, 5.74) is 0.934. The van der Waals surface area contributed by atoms with Gasteiger partial charge in [0.05, 0.1) is 18.3 Å². The van der Waals surface area contributed by atoms with Crippen LogP contribution >= 0.6 is 0 Å². The number of fused-ring (bicyclic) bond motifs is 1. The topological polar surface area (TPSA) is 64.2 Å². The third-order valence-electron chi connectivity index (χ3n) is 2.07. The number of H-pyrrole nitrogens is 1. The van der Waals surface area contributed by atoms with Crippen molar-refractivity contribution >= 4 is 16.9 Å². The van der Waals surface area contributed by atoms with Gasteiger partial charge in [0.25, 0.3) is 0 Å². The highest BCUT2D eigenvalue weighted by Gasteiger charge is 2.04. The molecule has 0 radical (unpaired) electrons. The first kappa shape index (κ1) is 10.5. The Bertz CT molecular complexity index is 493. The third-order valence-corrected chi connectivity index (χ3v) is 2.07.